The molecule has 0 aromatic heterocycles. The second-order valence-electron chi connectivity index (χ2n) is 9.22. The predicted octanol–water partition coefficient (Wildman–Crippen LogP) is 6.83. The first-order valence-electron chi connectivity index (χ1n) is 12.5. The Bertz CT molecular complexity index is 1430. The summed E-state index contributed by atoms with van der Waals surface area (Å²) in [4.78, 5) is 13.6. The second kappa shape index (κ2) is 11.1. The highest BCUT2D eigenvalue weighted by atomic mass is 16.5. The fourth-order valence-corrected chi connectivity index (χ4v) is 4.71. The largest absolute Gasteiger partial charge is 0.496 e. The fraction of sp³-hybridized carbons (Fsp3) is 0.156. The van der Waals surface area contributed by atoms with Crippen LogP contribution in [0.1, 0.15) is 35.3 Å². The molecule has 6 heteroatoms. The number of benzene rings is 4. The molecule has 1 aliphatic rings. The average Bonchev–Trinajstić information content (AvgIpc) is 2.94. The lowest BCUT2D eigenvalue weighted by Gasteiger charge is -2.41. The third kappa shape index (κ3) is 5.49. The van der Waals surface area contributed by atoms with E-state index in [-0.39, 0.29) is 12.1 Å². The molecule has 1 amide bonds. The molecule has 192 valence electrons. The number of hydrogen-bond acceptors (Lipinski definition) is 5. The van der Waals surface area contributed by atoms with Gasteiger partial charge >= 0.3 is 0 Å². The first-order valence-corrected chi connectivity index (χ1v) is 12.5. The van der Waals surface area contributed by atoms with E-state index in [1.807, 2.05) is 48.5 Å². The summed E-state index contributed by atoms with van der Waals surface area (Å²) in [6.45, 7) is 7.01. The molecule has 6 nitrogen and oxygen atoms in total. The summed E-state index contributed by atoms with van der Waals surface area (Å²) < 4.78 is 11.8. The number of hydrogen-bond donors (Lipinski definition) is 2. The van der Waals surface area contributed by atoms with Crippen LogP contribution in [0.5, 0.6) is 11.5 Å². The zero-order chi connectivity index (χ0) is 26.5. The van der Waals surface area contributed by atoms with Crippen molar-refractivity contribution >= 4 is 23.0 Å². The van der Waals surface area contributed by atoms with E-state index in [1.165, 1.54) is 12.5 Å². The van der Waals surface area contributed by atoms with E-state index in [0.29, 0.717) is 18.9 Å². The monoisotopic (exact) mass is 505 g/mol. The number of nitrogens with one attached hydrogen (secondary N) is 2. The zero-order valence-corrected chi connectivity index (χ0v) is 21.6. The van der Waals surface area contributed by atoms with Crippen LogP contribution < -0.4 is 20.1 Å². The van der Waals surface area contributed by atoms with Crippen molar-refractivity contribution in [1.82, 2.24) is 4.90 Å². The number of anilines is 2. The normalized spacial score (nSPS) is 14.3. The Kier molecular flexibility index (Phi) is 7.31. The molecule has 0 fully saturated rings. The smallest absolute Gasteiger partial charge is 0.221 e. The first kappa shape index (κ1) is 25.0. The van der Waals surface area contributed by atoms with Gasteiger partial charge in [-0.3, -0.25) is 4.79 Å². The number of methoxy groups -OCH3 is 1. The van der Waals surface area contributed by atoms with E-state index in [2.05, 4.69) is 70.6 Å². The van der Waals surface area contributed by atoms with Crippen LogP contribution in [0.15, 0.2) is 104 Å². The molecule has 1 unspecified atom stereocenters. The van der Waals surface area contributed by atoms with Gasteiger partial charge in [0.1, 0.15) is 24.3 Å². The van der Waals surface area contributed by atoms with Crippen LogP contribution >= 0.6 is 0 Å². The molecule has 5 rings (SSSR count). The van der Waals surface area contributed by atoms with E-state index >= 15 is 0 Å². The molecule has 1 atom stereocenters. The molecule has 0 spiro atoms. The maximum Gasteiger partial charge on any atom is 0.221 e. The van der Waals surface area contributed by atoms with Gasteiger partial charge < -0.3 is 25.0 Å². The summed E-state index contributed by atoms with van der Waals surface area (Å²) in [5.74, 6) is 1.35. The number of rotatable bonds is 8. The summed E-state index contributed by atoms with van der Waals surface area (Å²) in [6.07, 6.45) is -0.126. The Morgan fingerprint density at radius 2 is 1.71 bits per heavy atom. The van der Waals surface area contributed by atoms with Gasteiger partial charge in [-0.05, 0) is 53.6 Å². The lowest BCUT2D eigenvalue weighted by atomic mass is 9.99. The van der Waals surface area contributed by atoms with Gasteiger partial charge in [0, 0.05) is 41.7 Å². The van der Waals surface area contributed by atoms with E-state index in [1.54, 1.807) is 7.11 Å². The highest BCUT2D eigenvalue weighted by Crippen LogP contribution is 2.41. The molecule has 38 heavy (non-hydrogen) atoms. The quantitative estimate of drug-likeness (QED) is 0.275. The Morgan fingerprint density at radius 3 is 2.45 bits per heavy atom. The summed E-state index contributed by atoms with van der Waals surface area (Å²) in [5, 5.41) is 6.49. The molecule has 2 N–H and O–H groups in total. The summed E-state index contributed by atoms with van der Waals surface area (Å²) in [5.41, 5.74) is 7.07. The molecule has 1 aliphatic heterocycles. The van der Waals surface area contributed by atoms with E-state index in [4.69, 9.17) is 9.47 Å². The van der Waals surface area contributed by atoms with Crippen molar-refractivity contribution in [2.45, 2.75) is 26.2 Å². The highest BCUT2D eigenvalue weighted by molar-refractivity contribution is 5.88. The maximum atomic E-state index is 11.3. The number of carbonyl (C=O) groups is 1. The molecule has 1 heterocycles. The van der Waals surface area contributed by atoms with Crippen LogP contribution in [-0.4, -0.2) is 17.9 Å². The summed E-state index contributed by atoms with van der Waals surface area (Å²) >= 11 is 0. The molecule has 0 radical (unpaired) electrons. The zero-order valence-electron chi connectivity index (χ0n) is 21.6. The van der Waals surface area contributed by atoms with E-state index < -0.39 is 0 Å². The minimum Gasteiger partial charge on any atom is -0.496 e. The number of ether oxygens (including phenoxy) is 2. The molecular formula is C32H31N3O3. The Hall–Kier alpha value is -4.71. The van der Waals surface area contributed by atoms with Crippen LogP contribution in [0.2, 0.25) is 0 Å². The van der Waals surface area contributed by atoms with Gasteiger partial charge in [-0.25, -0.2) is 0 Å². The second-order valence-corrected chi connectivity index (χ2v) is 9.22. The van der Waals surface area contributed by atoms with Crippen LogP contribution in [0.4, 0.5) is 11.4 Å². The Balaban J connectivity index is 1.43. The molecule has 0 saturated heterocycles. The lowest BCUT2D eigenvalue weighted by molar-refractivity contribution is -0.114. The molecule has 0 saturated carbocycles. The molecule has 4 aromatic rings. The van der Waals surface area contributed by atoms with Gasteiger partial charge in [0.05, 0.1) is 7.11 Å². The van der Waals surface area contributed by atoms with Crippen molar-refractivity contribution in [2.24, 2.45) is 0 Å². The topological polar surface area (TPSA) is 62.8 Å². The van der Waals surface area contributed by atoms with Crippen LogP contribution in [0, 0.1) is 0 Å². The number of amides is 1. The SMILES string of the molecule is C=C1c2ccccc2NC(c2ccc(OC)c(COc3ccc(NC(C)=O)cc3)c2)N1Cc1ccccc1. The van der Waals surface area contributed by atoms with Crippen molar-refractivity contribution < 1.29 is 14.3 Å². The molecule has 0 bridgehead atoms. The maximum absolute atomic E-state index is 11.3. The number of nitrogens with zero attached hydrogens (tertiary/aromatic N) is 1. The molecule has 0 aliphatic carbocycles. The van der Waals surface area contributed by atoms with Crippen molar-refractivity contribution in [2.75, 3.05) is 17.7 Å². The average molecular weight is 506 g/mol. The van der Waals surface area contributed by atoms with E-state index in [9.17, 15) is 4.79 Å². The minimum atomic E-state index is -0.126. The van der Waals surface area contributed by atoms with Gasteiger partial charge in [-0.15, -0.1) is 0 Å². The van der Waals surface area contributed by atoms with Crippen LogP contribution in [0.25, 0.3) is 5.70 Å². The number of para-hydroxylation sites is 1. The Morgan fingerprint density at radius 1 is 0.974 bits per heavy atom. The van der Waals surface area contributed by atoms with Gasteiger partial charge in [0.2, 0.25) is 5.91 Å². The van der Waals surface area contributed by atoms with Gasteiger partial charge in [0.15, 0.2) is 0 Å². The third-order valence-corrected chi connectivity index (χ3v) is 6.57. The van der Waals surface area contributed by atoms with Crippen molar-refractivity contribution in [3.8, 4) is 11.5 Å². The number of fused-ring (bicyclic) bond motifs is 1. The van der Waals surface area contributed by atoms with Gasteiger partial charge in [-0.1, -0.05) is 61.2 Å². The summed E-state index contributed by atoms with van der Waals surface area (Å²) in [7, 11) is 1.67. The highest BCUT2D eigenvalue weighted by Gasteiger charge is 2.29. The van der Waals surface area contributed by atoms with Crippen LogP contribution in [-0.2, 0) is 17.9 Å². The Labute approximate surface area is 223 Å². The summed E-state index contributed by atoms with van der Waals surface area (Å²) in [6, 6.07) is 32.2. The van der Waals surface area contributed by atoms with Gasteiger partial charge in [-0.2, -0.15) is 0 Å². The van der Waals surface area contributed by atoms with Crippen LogP contribution in [0.3, 0.4) is 0 Å². The third-order valence-electron chi connectivity index (χ3n) is 6.57. The predicted molar refractivity (Wildman–Crippen MR) is 152 cm³/mol. The van der Waals surface area contributed by atoms with Crippen molar-refractivity contribution in [3.63, 3.8) is 0 Å². The van der Waals surface area contributed by atoms with E-state index in [0.717, 1.165) is 39.5 Å². The number of carbonyl (C=O) groups excluding carboxylic acids is 1. The van der Waals surface area contributed by atoms with Crippen molar-refractivity contribution in [1.29, 1.82) is 0 Å². The lowest BCUT2D eigenvalue weighted by Crippen LogP contribution is -2.36. The first-order chi connectivity index (χ1) is 18.5. The molecular weight excluding hydrogens is 474 g/mol. The minimum absolute atomic E-state index is 0.108. The van der Waals surface area contributed by atoms with Crippen molar-refractivity contribution in [3.05, 3.63) is 126 Å². The standard InChI is InChI=1S/C32H31N3O3/c1-22-29-11-7-8-12-30(29)34-32(35(22)20-24-9-5-4-6-10-24)25-13-18-31(37-3)26(19-25)21-38-28-16-14-27(15-17-28)33-23(2)36/h4-19,32,34H,1,20-21H2,2-3H3,(H,33,36). The van der Waals surface area contributed by atoms with Gasteiger partial charge in [0.25, 0.3) is 0 Å². The molecule has 4 aromatic carbocycles. The fourth-order valence-electron chi connectivity index (χ4n) is 4.71.